The van der Waals surface area contributed by atoms with Crippen LogP contribution in [0.25, 0.3) is 0 Å². The second-order valence-corrected chi connectivity index (χ2v) is 4.25. The number of ketones is 1. The Morgan fingerprint density at radius 2 is 2.29 bits per heavy atom. The predicted molar refractivity (Wildman–Crippen MR) is 62.8 cm³/mol. The number of rotatable bonds is 3. The molecule has 0 amide bonds. The van der Waals surface area contributed by atoms with Gasteiger partial charge in [-0.05, 0) is 30.2 Å². The first-order valence-corrected chi connectivity index (χ1v) is 5.60. The fourth-order valence-electron chi connectivity index (χ4n) is 1.19. The lowest BCUT2D eigenvalue weighted by atomic mass is 10.0. The van der Waals surface area contributed by atoms with E-state index in [4.69, 9.17) is 17.3 Å². The largest absolute Gasteiger partial charge is 0.399 e. The zero-order valence-corrected chi connectivity index (χ0v) is 10.1. The Morgan fingerprint density at radius 3 is 2.79 bits per heavy atom. The van der Waals surface area contributed by atoms with Crippen LogP contribution in [-0.2, 0) is 10.7 Å². The number of carbonyl (C=O) groups excluding carboxylic acids is 1. The lowest BCUT2D eigenvalue weighted by Crippen LogP contribution is -2.04. The number of Topliss-reactive ketones (excluding diaryl/α,β-unsaturated/α-hetero) is 1. The molecule has 0 saturated heterocycles. The molecule has 0 radical (unpaired) electrons. The summed E-state index contributed by atoms with van der Waals surface area (Å²) in [7, 11) is 0. The van der Waals surface area contributed by atoms with Gasteiger partial charge < -0.3 is 5.73 Å². The molecule has 1 rings (SSSR count). The van der Waals surface area contributed by atoms with Gasteiger partial charge in [-0.25, -0.2) is 0 Å². The molecule has 2 N–H and O–H groups in total. The summed E-state index contributed by atoms with van der Waals surface area (Å²) in [5, 5.41) is 0. The maximum Gasteiger partial charge on any atom is 0.147 e. The number of alkyl halides is 2. The highest BCUT2D eigenvalue weighted by Crippen LogP contribution is 2.29. The van der Waals surface area contributed by atoms with Gasteiger partial charge in [0.25, 0.3) is 0 Å². The van der Waals surface area contributed by atoms with Crippen LogP contribution in [0.15, 0.2) is 18.2 Å². The maximum absolute atomic E-state index is 11.2. The van der Waals surface area contributed by atoms with Gasteiger partial charge in [0.2, 0.25) is 0 Å². The van der Waals surface area contributed by atoms with Crippen LogP contribution in [-0.4, -0.2) is 5.78 Å². The third kappa shape index (κ3) is 2.49. The smallest absolute Gasteiger partial charge is 0.147 e. The van der Waals surface area contributed by atoms with Gasteiger partial charge in [0.1, 0.15) is 5.78 Å². The summed E-state index contributed by atoms with van der Waals surface area (Å²) < 4.78 is 0. The zero-order valence-electron chi connectivity index (χ0n) is 7.76. The van der Waals surface area contributed by atoms with Crippen LogP contribution in [0.3, 0.4) is 0 Å². The van der Waals surface area contributed by atoms with E-state index in [1.54, 1.807) is 12.1 Å². The molecule has 4 heteroatoms. The standard InChI is InChI=1S/C10H11BrClNO/c1-6(14)10(11)9-4-8(13)3-2-7(9)5-12/h2-4,10H,5,13H2,1H3. The molecule has 0 spiro atoms. The molecular weight excluding hydrogens is 265 g/mol. The van der Waals surface area contributed by atoms with E-state index in [9.17, 15) is 4.79 Å². The number of carbonyl (C=O) groups is 1. The van der Waals surface area contributed by atoms with Gasteiger partial charge in [-0.1, -0.05) is 22.0 Å². The van der Waals surface area contributed by atoms with E-state index in [-0.39, 0.29) is 10.6 Å². The van der Waals surface area contributed by atoms with E-state index >= 15 is 0 Å². The van der Waals surface area contributed by atoms with Crippen LogP contribution in [0.1, 0.15) is 22.9 Å². The molecule has 0 bridgehead atoms. The quantitative estimate of drug-likeness (QED) is 0.681. The highest BCUT2D eigenvalue weighted by Gasteiger charge is 2.16. The van der Waals surface area contributed by atoms with Crippen molar-refractivity contribution in [1.82, 2.24) is 0 Å². The Morgan fingerprint density at radius 1 is 1.64 bits per heavy atom. The van der Waals surface area contributed by atoms with Gasteiger partial charge >= 0.3 is 0 Å². The molecule has 0 aliphatic rings. The molecule has 0 aliphatic carbocycles. The van der Waals surface area contributed by atoms with Crippen molar-refractivity contribution in [2.45, 2.75) is 17.6 Å². The van der Waals surface area contributed by atoms with Crippen molar-refractivity contribution < 1.29 is 4.79 Å². The van der Waals surface area contributed by atoms with Crippen LogP contribution < -0.4 is 5.73 Å². The first kappa shape index (κ1) is 11.5. The number of nitrogen functional groups attached to an aromatic ring is 1. The Balaban J connectivity index is 3.16. The molecule has 76 valence electrons. The normalized spacial score (nSPS) is 12.5. The minimum Gasteiger partial charge on any atom is -0.399 e. The molecule has 0 saturated carbocycles. The number of hydrogen-bond acceptors (Lipinski definition) is 2. The van der Waals surface area contributed by atoms with Crippen LogP contribution in [0.5, 0.6) is 0 Å². The molecule has 2 nitrogen and oxygen atoms in total. The van der Waals surface area contributed by atoms with Crippen molar-refractivity contribution in [2.24, 2.45) is 0 Å². The second kappa shape index (κ2) is 4.80. The minimum atomic E-state index is -0.320. The second-order valence-electron chi connectivity index (χ2n) is 3.07. The monoisotopic (exact) mass is 275 g/mol. The highest BCUT2D eigenvalue weighted by atomic mass is 79.9. The van der Waals surface area contributed by atoms with Gasteiger partial charge in [0, 0.05) is 11.6 Å². The third-order valence-electron chi connectivity index (χ3n) is 1.94. The fraction of sp³-hybridized carbons (Fsp3) is 0.300. The van der Waals surface area contributed by atoms with E-state index in [1.165, 1.54) is 6.92 Å². The van der Waals surface area contributed by atoms with Gasteiger partial charge in [0.15, 0.2) is 0 Å². The van der Waals surface area contributed by atoms with Crippen LogP contribution >= 0.6 is 27.5 Å². The summed E-state index contributed by atoms with van der Waals surface area (Å²) in [5.41, 5.74) is 8.07. The lowest BCUT2D eigenvalue weighted by Gasteiger charge is -2.11. The molecule has 1 atom stereocenters. The molecule has 0 aromatic heterocycles. The van der Waals surface area contributed by atoms with Crippen molar-refractivity contribution in [3.8, 4) is 0 Å². The number of halogens is 2. The topological polar surface area (TPSA) is 43.1 Å². The van der Waals surface area contributed by atoms with Gasteiger partial charge in [-0.2, -0.15) is 0 Å². The van der Waals surface area contributed by atoms with Crippen molar-refractivity contribution in [1.29, 1.82) is 0 Å². The van der Waals surface area contributed by atoms with E-state index in [0.717, 1.165) is 11.1 Å². The van der Waals surface area contributed by atoms with Gasteiger partial charge in [0.05, 0.1) is 4.83 Å². The molecule has 1 unspecified atom stereocenters. The molecule has 0 heterocycles. The Hall–Kier alpha value is -0.540. The summed E-state index contributed by atoms with van der Waals surface area (Å²) in [6, 6.07) is 5.40. The summed E-state index contributed by atoms with van der Waals surface area (Å²) in [6.45, 7) is 1.53. The summed E-state index contributed by atoms with van der Waals surface area (Å²) >= 11 is 9.07. The van der Waals surface area contributed by atoms with E-state index < -0.39 is 0 Å². The van der Waals surface area contributed by atoms with Crippen LogP contribution in [0, 0.1) is 0 Å². The predicted octanol–water partition coefficient (Wildman–Crippen LogP) is 3.03. The molecule has 1 aromatic carbocycles. The van der Waals surface area contributed by atoms with Gasteiger partial charge in [-0.15, -0.1) is 11.6 Å². The Bertz CT molecular complexity index is 354. The Kier molecular flexibility index (Phi) is 3.96. The number of hydrogen-bond donors (Lipinski definition) is 1. The number of nitrogens with two attached hydrogens (primary N) is 1. The summed E-state index contributed by atoms with van der Waals surface area (Å²) in [4.78, 5) is 10.9. The van der Waals surface area contributed by atoms with Crippen molar-refractivity contribution in [3.63, 3.8) is 0 Å². The molecule has 1 aromatic rings. The average Bonchev–Trinajstić information content (AvgIpc) is 2.16. The third-order valence-corrected chi connectivity index (χ3v) is 3.37. The number of anilines is 1. The molecule has 14 heavy (non-hydrogen) atoms. The highest BCUT2D eigenvalue weighted by molar-refractivity contribution is 9.09. The fourth-order valence-corrected chi connectivity index (χ4v) is 1.86. The van der Waals surface area contributed by atoms with E-state index in [1.807, 2.05) is 6.07 Å². The number of benzene rings is 1. The van der Waals surface area contributed by atoms with Crippen molar-refractivity contribution in [3.05, 3.63) is 29.3 Å². The van der Waals surface area contributed by atoms with Crippen molar-refractivity contribution >= 4 is 39.0 Å². The summed E-state index contributed by atoms with van der Waals surface area (Å²) in [6.07, 6.45) is 0. The summed E-state index contributed by atoms with van der Waals surface area (Å²) in [5.74, 6) is 0.423. The maximum atomic E-state index is 11.2. The molecular formula is C10H11BrClNO. The molecule has 0 fully saturated rings. The first-order chi connectivity index (χ1) is 6.56. The van der Waals surface area contributed by atoms with E-state index in [0.29, 0.717) is 11.6 Å². The van der Waals surface area contributed by atoms with Crippen LogP contribution in [0.2, 0.25) is 0 Å². The van der Waals surface area contributed by atoms with Crippen LogP contribution in [0.4, 0.5) is 5.69 Å². The van der Waals surface area contributed by atoms with Crippen molar-refractivity contribution in [2.75, 3.05) is 5.73 Å². The SMILES string of the molecule is CC(=O)C(Br)c1cc(N)ccc1CCl. The minimum absolute atomic E-state index is 0.0435. The Labute approximate surface area is 96.6 Å². The first-order valence-electron chi connectivity index (χ1n) is 4.15. The molecule has 0 aliphatic heterocycles. The lowest BCUT2D eigenvalue weighted by molar-refractivity contribution is -0.116. The van der Waals surface area contributed by atoms with Gasteiger partial charge in [-0.3, -0.25) is 4.79 Å². The zero-order chi connectivity index (χ0) is 10.7. The van der Waals surface area contributed by atoms with E-state index in [2.05, 4.69) is 15.9 Å². The average molecular weight is 277 g/mol.